The van der Waals surface area contributed by atoms with Gasteiger partial charge in [0.25, 0.3) is 0 Å². The average Bonchev–Trinajstić information content (AvgIpc) is 3.01. The summed E-state index contributed by atoms with van der Waals surface area (Å²) in [4.78, 5) is 0.484. The van der Waals surface area contributed by atoms with E-state index in [4.69, 9.17) is 0 Å². The van der Waals surface area contributed by atoms with Gasteiger partial charge >= 0.3 is 0 Å². The van der Waals surface area contributed by atoms with E-state index in [0.717, 1.165) is 31.1 Å². The van der Waals surface area contributed by atoms with Crippen LogP contribution in [0.4, 0.5) is 0 Å². The maximum Gasteiger partial charge on any atom is 0.241 e. The Labute approximate surface area is 149 Å². The number of aryl methyl sites for hydroxylation is 2. The van der Waals surface area contributed by atoms with Gasteiger partial charge in [-0.2, -0.15) is 0 Å². The number of sulfonamides is 1. The maximum atomic E-state index is 12.6. The van der Waals surface area contributed by atoms with Crippen molar-refractivity contribution in [2.45, 2.75) is 42.0 Å². The van der Waals surface area contributed by atoms with Crippen LogP contribution in [0, 0.1) is 0 Å². The van der Waals surface area contributed by atoms with E-state index in [1.165, 1.54) is 17.7 Å². The highest BCUT2D eigenvalue weighted by Gasteiger charge is 2.21. The minimum atomic E-state index is -3.64. The quantitative estimate of drug-likeness (QED) is 0.866. The molecule has 0 unspecified atom stereocenters. The second kappa shape index (κ2) is 6.55. The first-order chi connectivity index (χ1) is 11.7. The van der Waals surface area contributed by atoms with Crippen molar-refractivity contribution in [3.8, 4) is 0 Å². The zero-order valence-corrected chi connectivity index (χ0v) is 15.8. The van der Waals surface area contributed by atoms with Crippen LogP contribution in [0.1, 0.15) is 36.1 Å². The van der Waals surface area contributed by atoms with Crippen LogP contribution in [0.25, 0.3) is 0 Å². The molecule has 0 saturated heterocycles. The molecule has 0 bridgehead atoms. The summed E-state index contributed by atoms with van der Waals surface area (Å²) < 4.78 is 50.9. The zero-order valence-electron chi connectivity index (χ0n) is 14.2. The summed E-state index contributed by atoms with van der Waals surface area (Å²) in [5.41, 5.74) is 3.04. The molecule has 0 aromatic heterocycles. The lowest BCUT2D eigenvalue weighted by Crippen LogP contribution is -2.27. The van der Waals surface area contributed by atoms with Gasteiger partial charge in [0.05, 0.1) is 9.79 Å². The maximum absolute atomic E-state index is 12.6. The van der Waals surface area contributed by atoms with Crippen LogP contribution in [0.5, 0.6) is 0 Å². The van der Waals surface area contributed by atoms with Gasteiger partial charge < -0.3 is 0 Å². The molecular formula is C18H21NO4S2. The van der Waals surface area contributed by atoms with Crippen molar-refractivity contribution >= 4 is 19.9 Å². The third-order valence-corrected chi connectivity index (χ3v) is 7.19. The van der Waals surface area contributed by atoms with Gasteiger partial charge in [-0.25, -0.2) is 21.6 Å². The minimum Gasteiger partial charge on any atom is -0.224 e. The molecule has 0 heterocycles. The van der Waals surface area contributed by atoms with Gasteiger partial charge in [-0.05, 0) is 67.1 Å². The molecule has 134 valence electrons. The molecule has 25 heavy (non-hydrogen) atoms. The molecule has 0 fully saturated rings. The van der Waals surface area contributed by atoms with Gasteiger partial charge in [0, 0.05) is 12.3 Å². The average molecular weight is 380 g/mol. The van der Waals surface area contributed by atoms with Gasteiger partial charge in [0.15, 0.2) is 9.84 Å². The van der Waals surface area contributed by atoms with Crippen molar-refractivity contribution < 1.29 is 16.8 Å². The highest BCUT2D eigenvalue weighted by atomic mass is 32.2. The summed E-state index contributed by atoms with van der Waals surface area (Å²) in [5.74, 6) is 0. The van der Waals surface area contributed by atoms with Crippen molar-refractivity contribution in [1.29, 1.82) is 0 Å². The van der Waals surface area contributed by atoms with Crippen LogP contribution in [0.15, 0.2) is 52.3 Å². The lowest BCUT2D eigenvalue weighted by molar-refractivity contribution is 0.566. The molecule has 0 amide bonds. The highest BCUT2D eigenvalue weighted by Crippen LogP contribution is 2.26. The lowest BCUT2D eigenvalue weighted by Gasteiger charge is -2.15. The Balaban J connectivity index is 1.80. The molecule has 0 spiro atoms. The van der Waals surface area contributed by atoms with Gasteiger partial charge in [-0.1, -0.05) is 18.2 Å². The molecule has 0 radical (unpaired) electrons. The number of nitrogens with one attached hydrogen (secondary N) is 1. The minimum absolute atomic E-state index is 0.213. The van der Waals surface area contributed by atoms with Crippen LogP contribution < -0.4 is 4.72 Å². The molecule has 1 aliphatic rings. The number of rotatable bonds is 5. The van der Waals surface area contributed by atoms with Crippen LogP contribution in [-0.2, 0) is 32.7 Å². The SMILES string of the molecule is C[C@@H](NS(=O)(=O)c1ccc2c(c1)CCC2)c1ccc(S(C)(=O)=O)cc1. The van der Waals surface area contributed by atoms with Gasteiger partial charge in [-0.3, -0.25) is 0 Å². The van der Waals surface area contributed by atoms with E-state index in [1.807, 2.05) is 6.07 Å². The number of fused-ring (bicyclic) bond motifs is 1. The molecule has 3 rings (SSSR count). The Morgan fingerprint density at radius 3 is 2.12 bits per heavy atom. The summed E-state index contributed by atoms with van der Waals surface area (Å²) in [6.45, 7) is 1.74. The molecule has 2 aromatic rings. The van der Waals surface area contributed by atoms with E-state index in [9.17, 15) is 16.8 Å². The van der Waals surface area contributed by atoms with Gasteiger partial charge in [-0.15, -0.1) is 0 Å². The Morgan fingerprint density at radius 2 is 1.48 bits per heavy atom. The second-order valence-electron chi connectivity index (χ2n) is 6.47. The Bertz CT molecular complexity index is 994. The van der Waals surface area contributed by atoms with Gasteiger partial charge in [0.2, 0.25) is 10.0 Å². The fourth-order valence-electron chi connectivity index (χ4n) is 3.09. The van der Waals surface area contributed by atoms with E-state index >= 15 is 0 Å². The van der Waals surface area contributed by atoms with E-state index < -0.39 is 25.9 Å². The van der Waals surface area contributed by atoms with E-state index in [2.05, 4.69) is 4.72 Å². The summed E-state index contributed by atoms with van der Waals surface area (Å²) in [6, 6.07) is 11.1. The molecule has 1 N–H and O–H groups in total. The number of hydrogen-bond donors (Lipinski definition) is 1. The third kappa shape index (κ3) is 3.94. The standard InChI is InChI=1S/C18H21NO4S2/c1-13(14-6-9-17(10-7-14)24(2,20)21)19-25(22,23)18-11-8-15-4-3-5-16(15)12-18/h6-13,19H,3-5H2,1-2H3/t13-/m1/s1. The lowest BCUT2D eigenvalue weighted by atomic mass is 10.1. The largest absolute Gasteiger partial charge is 0.241 e. The fraction of sp³-hybridized carbons (Fsp3) is 0.333. The summed E-state index contributed by atoms with van der Waals surface area (Å²) in [7, 11) is -6.90. The smallest absolute Gasteiger partial charge is 0.224 e. The molecule has 2 aromatic carbocycles. The first kappa shape index (κ1) is 18.1. The fourth-order valence-corrected chi connectivity index (χ4v) is 5.00. The van der Waals surface area contributed by atoms with Crippen LogP contribution >= 0.6 is 0 Å². The number of benzene rings is 2. The Hall–Kier alpha value is -1.70. The monoisotopic (exact) mass is 379 g/mol. The topological polar surface area (TPSA) is 80.3 Å². The van der Waals surface area contributed by atoms with Crippen molar-refractivity contribution in [3.05, 3.63) is 59.2 Å². The first-order valence-electron chi connectivity index (χ1n) is 8.11. The van der Waals surface area contributed by atoms with Crippen molar-refractivity contribution in [1.82, 2.24) is 4.72 Å². The highest BCUT2D eigenvalue weighted by molar-refractivity contribution is 7.90. The molecule has 5 nitrogen and oxygen atoms in total. The summed E-state index contributed by atoms with van der Waals surface area (Å²) >= 11 is 0. The van der Waals surface area contributed by atoms with Crippen LogP contribution in [0.3, 0.4) is 0 Å². The third-order valence-electron chi connectivity index (χ3n) is 4.52. The molecule has 7 heteroatoms. The summed E-state index contributed by atoms with van der Waals surface area (Å²) in [6.07, 6.45) is 4.13. The van der Waals surface area contributed by atoms with Crippen LogP contribution in [-0.4, -0.2) is 23.1 Å². The Kier molecular flexibility index (Phi) is 4.74. The molecule has 1 aliphatic carbocycles. The van der Waals surface area contributed by atoms with E-state index in [0.29, 0.717) is 5.56 Å². The molecular weight excluding hydrogens is 358 g/mol. The number of sulfone groups is 1. The number of hydrogen-bond acceptors (Lipinski definition) is 4. The second-order valence-corrected chi connectivity index (χ2v) is 10.2. The predicted molar refractivity (Wildman–Crippen MR) is 96.8 cm³/mol. The summed E-state index contributed by atoms with van der Waals surface area (Å²) in [5, 5.41) is 0. The predicted octanol–water partition coefficient (Wildman–Crippen LogP) is 2.62. The van der Waals surface area contributed by atoms with Gasteiger partial charge in [0.1, 0.15) is 0 Å². The van der Waals surface area contributed by atoms with Crippen LogP contribution in [0.2, 0.25) is 0 Å². The molecule has 0 aliphatic heterocycles. The van der Waals surface area contributed by atoms with Crippen molar-refractivity contribution in [3.63, 3.8) is 0 Å². The Morgan fingerprint density at radius 1 is 0.880 bits per heavy atom. The molecule has 1 atom stereocenters. The van der Waals surface area contributed by atoms with E-state index in [1.54, 1.807) is 31.2 Å². The van der Waals surface area contributed by atoms with Crippen molar-refractivity contribution in [2.75, 3.05) is 6.26 Å². The normalized spacial score (nSPS) is 15.8. The first-order valence-corrected chi connectivity index (χ1v) is 11.5. The zero-order chi connectivity index (χ0) is 18.2. The van der Waals surface area contributed by atoms with Crippen molar-refractivity contribution in [2.24, 2.45) is 0 Å². The van der Waals surface area contributed by atoms with E-state index in [-0.39, 0.29) is 9.79 Å². The molecule has 0 saturated carbocycles.